The van der Waals surface area contributed by atoms with Gasteiger partial charge in [-0.25, -0.2) is 0 Å². The van der Waals surface area contributed by atoms with Crippen LogP contribution in [0, 0.1) is 12.8 Å². The second-order valence-electron chi connectivity index (χ2n) is 9.56. The van der Waals surface area contributed by atoms with E-state index in [2.05, 4.69) is 72.9 Å². The van der Waals surface area contributed by atoms with Crippen LogP contribution in [0.4, 0.5) is 0 Å². The lowest BCUT2D eigenvalue weighted by atomic mass is 9.93. The van der Waals surface area contributed by atoms with Crippen molar-refractivity contribution < 1.29 is 14.1 Å². The van der Waals surface area contributed by atoms with Crippen molar-refractivity contribution in [1.82, 2.24) is 10.5 Å². The van der Waals surface area contributed by atoms with Gasteiger partial charge in [0.15, 0.2) is 5.76 Å². The van der Waals surface area contributed by atoms with Crippen molar-refractivity contribution in [1.29, 1.82) is 0 Å². The highest BCUT2D eigenvalue weighted by Crippen LogP contribution is 2.49. The van der Waals surface area contributed by atoms with Gasteiger partial charge >= 0.3 is 5.97 Å². The van der Waals surface area contributed by atoms with Gasteiger partial charge in [-0.05, 0) is 62.3 Å². The average Bonchev–Trinajstić information content (AvgIpc) is 3.58. The topological polar surface area (TPSA) is 64.4 Å². The maximum atomic E-state index is 12.4. The van der Waals surface area contributed by atoms with Gasteiger partial charge in [0.2, 0.25) is 0 Å². The van der Waals surface area contributed by atoms with Crippen LogP contribution in [0.25, 0.3) is 22.5 Å². The molecule has 1 heterocycles. The van der Waals surface area contributed by atoms with E-state index < -0.39 is 5.41 Å². The number of aromatic nitrogens is 1. The van der Waals surface area contributed by atoms with E-state index in [1.807, 2.05) is 13.8 Å². The fourth-order valence-corrected chi connectivity index (χ4v) is 4.66. The number of benzene rings is 2. The minimum absolute atomic E-state index is 0.0976. The van der Waals surface area contributed by atoms with Gasteiger partial charge in [0.05, 0.1) is 17.7 Å². The zero-order valence-electron chi connectivity index (χ0n) is 20.8. The molecule has 0 radical (unpaired) electrons. The van der Waals surface area contributed by atoms with Crippen molar-refractivity contribution >= 4 is 5.97 Å². The number of nitrogens with zero attached hydrogens (tertiary/aromatic N) is 1. The molecular formula is C29H36N2O3. The molecule has 0 saturated heterocycles. The van der Waals surface area contributed by atoms with Crippen LogP contribution in [0.2, 0.25) is 0 Å². The Kier molecular flexibility index (Phi) is 7.52. The largest absolute Gasteiger partial charge is 0.465 e. The molecule has 180 valence electrons. The highest BCUT2D eigenvalue weighted by atomic mass is 16.5. The Bertz CT molecular complexity index is 1100. The van der Waals surface area contributed by atoms with E-state index in [1.54, 1.807) is 0 Å². The molecule has 3 aromatic rings. The number of nitrogens with one attached hydrogen (secondary N) is 1. The van der Waals surface area contributed by atoms with Gasteiger partial charge in [0.1, 0.15) is 0 Å². The summed E-state index contributed by atoms with van der Waals surface area (Å²) >= 11 is 0. The lowest BCUT2D eigenvalue weighted by molar-refractivity contribution is -0.146. The molecule has 0 bridgehead atoms. The molecule has 2 aromatic carbocycles. The molecule has 1 saturated carbocycles. The van der Waals surface area contributed by atoms with Gasteiger partial charge in [-0.3, -0.25) is 4.79 Å². The minimum Gasteiger partial charge on any atom is -0.465 e. The normalized spacial score (nSPS) is 15.2. The summed E-state index contributed by atoms with van der Waals surface area (Å²) in [4.78, 5) is 12.4. The Labute approximate surface area is 202 Å². The Morgan fingerprint density at radius 1 is 1.06 bits per heavy atom. The lowest BCUT2D eigenvalue weighted by Crippen LogP contribution is -2.23. The molecule has 1 fully saturated rings. The predicted molar refractivity (Wildman–Crippen MR) is 135 cm³/mol. The van der Waals surface area contributed by atoms with Crippen molar-refractivity contribution in [3.8, 4) is 22.5 Å². The number of hydrogen-bond acceptors (Lipinski definition) is 5. The first-order valence-corrected chi connectivity index (χ1v) is 12.5. The summed E-state index contributed by atoms with van der Waals surface area (Å²) in [7, 11) is 0. The quantitative estimate of drug-likeness (QED) is 0.334. The molecule has 5 heteroatoms. The number of ether oxygens (including phenoxy) is 1. The highest BCUT2D eigenvalue weighted by molar-refractivity contribution is 5.87. The van der Waals surface area contributed by atoms with E-state index in [0.29, 0.717) is 12.5 Å². The summed E-state index contributed by atoms with van der Waals surface area (Å²) in [5, 5.41) is 7.79. The number of carbonyl (C=O) groups excluding carboxylic acids is 1. The summed E-state index contributed by atoms with van der Waals surface area (Å²) in [6.45, 7) is 10.5. The van der Waals surface area contributed by atoms with E-state index in [0.717, 1.165) is 65.2 Å². The molecule has 1 atom stereocenters. The maximum absolute atomic E-state index is 12.4. The molecule has 1 aromatic heterocycles. The molecular weight excluding hydrogens is 424 g/mol. The fourth-order valence-electron chi connectivity index (χ4n) is 4.66. The summed E-state index contributed by atoms with van der Waals surface area (Å²) in [6.07, 6.45) is 4.17. The van der Waals surface area contributed by atoms with Crippen LogP contribution in [-0.2, 0) is 21.5 Å². The monoisotopic (exact) mass is 460 g/mol. The summed E-state index contributed by atoms with van der Waals surface area (Å²) in [6, 6.07) is 16.7. The SMILES string of the molecule is CCCC(C)CNCc1c(C)noc1-c1ccc(-c2ccc(C3(C(=O)OCC)CC3)cc2)cc1. The van der Waals surface area contributed by atoms with Gasteiger partial charge < -0.3 is 14.6 Å². The van der Waals surface area contributed by atoms with E-state index in [9.17, 15) is 4.79 Å². The maximum Gasteiger partial charge on any atom is 0.316 e. The second kappa shape index (κ2) is 10.6. The number of carbonyl (C=O) groups is 1. The van der Waals surface area contributed by atoms with Crippen molar-refractivity contribution in [2.45, 2.75) is 65.3 Å². The molecule has 1 aliphatic carbocycles. The smallest absolute Gasteiger partial charge is 0.316 e. The number of aryl methyl sites for hydroxylation is 1. The molecule has 0 spiro atoms. The fraction of sp³-hybridized carbons (Fsp3) is 0.448. The van der Waals surface area contributed by atoms with Gasteiger partial charge in [-0.2, -0.15) is 0 Å². The van der Waals surface area contributed by atoms with Gasteiger partial charge in [0, 0.05) is 17.7 Å². The predicted octanol–water partition coefficient (Wildman–Crippen LogP) is 6.44. The Morgan fingerprint density at radius 2 is 1.68 bits per heavy atom. The third-order valence-electron chi connectivity index (χ3n) is 6.89. The lowest BCUT2D eigenvalue weighted by Gasteiger charge is -2.14. The van der Waals surface area contributed by atoms with E-state index in [-0.39, 0.29) is 5.97 Å². The van der Waals surface area contributed by atoms with Crippen molar-refractivity contribution in [3.05, 3.63) is 65.4 Å². The van der Waals surface area contributed by atoms with Gasteiger partial charge in [-0.1, -0.05) is 74.0 Å². The van der Waals surface area contributed by atoms with E-state index in [1.165, 1.54) is 12.8 Å². The third kappa shape index (κ3) is 5.10. The van der Waals surface area contributed by atoms with Crippen LogP contribution in [0.5, 0.6) is 0 Å². The second-order valence-corrected chi connectivity index (χ2v) is 9.56. The summed E-state index contributed by atoms with van der Waals surface area (Å²) in [5.41, 5.74) is 5.94. The molecule has 5 nitrogen and oxygen atoms in total. The first-order valence-electron chi connectivity index (χ1n) is 12.5. The first kappa shape index (κ1) is 24.2. The number of esters is 1. The van der Waals surface area contributed by atoms with Crippen LogP contribution < -0.4 is 5.32 Å². The summed E-state index contributed by atoms with van der Waals surface area (Å²) in [5.74, 6) is 1.39. The van der Waals surface area contributed by atoms with Crippen molar-refractivity contribution in [3.63, 3.8) is 0 Å². The minimum atomic E-state index is -0.429. The first-order chi connectivity index (χ1) is 16.5. The van der Waals surface area contributed by atoms with Crippen molar-refractivity contribution in [2.75, 3.05) is 13.2 Å². The third-order valence-corrected chi connectivity index (χ3v) is 6.89. The standard InChI is InChI=1S/C29H36N2O3/c1-5-7-20(3)18-30-19-26-21(4)31-34-27(26)24-10-8-22(9-11-24)23-12-14-25(15-13-23)29(16-17-29)28(32)33-6-2/h8-15,20,30H,5-7,16-19H2,1-4H3. The van der Waals surface area contributed by atoms with Crippen molar-refractivity contribution in [2.24, 2.45) is 5.92 Å². The van der Waals surface area contributed by atoms with E-state index >= 15 is 0 Å². The molecule has 4 rings (SSSR count). The number of hydrogen-bond donors (Lipinski definition) is 1. The molecule has 0 aliphatic heterocycles. The van der Waals surface area contributed by atoms with Crippen LogP contribution in [0.15, 0.2) is 53.1 Å². The Morgan fingerprint density at radius 3 is 2.26 bits per heavy atom. The highest BCUT2D eigenvalue weighted by Gasteiger charge is 2.52. The molecule has 34 heavy (non-hydrogen) atoms. The molecule has 1 unspecified atom stereocenters. The Balaban J connectivity index is 1.46. The van der Waals surface area contributed by atoms with Crippen LogP contribution >= 0.6 is 0 Å². The Hall–Kier alpha value is -2.92. The van der Waals surface area contributed by atoms with Crippen LogP contribution in [0.3, 0.4) is 0 Å². The molecule has 1 N–H and O–H groups in total. The molecule has 1 aliphatic rings. The van der Waals surface area contributed by atoms with Gasteiger partial charge in [0.25, 0.3) is 0 Å². The van der Waals surface area contributed by atoms with Crippen LogP contribution in [0.1, 0.15) is 63.3 Å². The molecule has 0 amide bonds. The van der Waals surface area contributed by atoms with Crippen LogP contribution in [-0.4, -0.2) is 24.3 Å². The average molecular weight is 461 g/mol. The summed E-state index contributed by atoms with van der Waals surface area (Å²) < 4.78 is 11.0. The number of rotatable bonds is 11. The zero-order chi connectivity index (χ0) is 24.1. The van der Waals surface area contributed by atoms with E-state index in [4.69, 9.17) is 9.26 Å². The zero-order valence-corrected chi connectivity index (χ0v) is 20.8. The van der Waals surface area contributed by atoms with Gasteiger partial charge in [-0.15, -0.1) is 0 Å².